The average molecular weight is 259 g/mol. The first-order valence-electron chi connectivity index (χ1n) is 5.81. The Hall–Kier alpha value is -2.50. The summed E-state index contributed by atoms with van der Waals surface area (Å²) in [6.07, 6.45) is -0.0689. The maximum atomic E-state index is 11.6. The van der Waals surface area contributed by atoms with Crippen molar-refractivity contribution in [2.45, 2.75) is 19.9 Å². The van der Waals surface area contributed by atoms with Gasteiger partial charge in [0.1, 0.15) is 0 Å². The van der Waals surface area contributed by atoms with Crippen LogP contribution < -0.4 is 0 Å². The number of aromatic nitrogens is 3. The molecular weight excluding hydrogens is 246 g/mol. The molecule has 6 heteroatoms. The van der Waals surface area contributed by atoms with E-state index in [1.165, 1.54) is 11.6 Å². The van der Waals surface area contributed by atoms with Gasteiger partial charge in [0.05, 0.1) is 18.7 Å². The Bertz CT molecular complexity index is 605. The van der Waals surface area contributed by atoms with Gasteiger partial charge < -0.3 is 5.11 Å². The van der Waals surface area contributed by atoms with Crippen molar-refractivity contribution in [3.05, 3.63) is 36.0 Å². The highest BCUT2D eigenvalue weighted by molar-refractivity contribution is 5.97. The van der Waals surface area contributed by atoms with Gasteiger partial charge in [0.25, 0.3) is 0 Å². The molecule has 0 aliphatic carbocycles. The topological polar surface area (TPSA) is 85.1 Å². The first kappa shape index (κ1) is 12.9. The van der Waals surface area contributed by atoms with E-state index in [1.807, 2.05) is 30.3 Å². The summed E-state index contributed by atoms with van der Waals surface area (Å²) in [6.45, 7) is 1.60. The van der Waals surface area contributed by atoms with Crippen LogP contribution >= 0.6 is 0 Å². The number of hydrogen-bond acceptors (Lipinski definition) is 4. The van der Waals surface area contributed by atoms with Crippen LogP contribution in [-0.4, -0.2) is 31.9 Å². The van der Waals surface area contributed by atoms with E-state index < -0.39 is 5.97 Å². The molecule has 0 aliphatic rings. The van der Waals surface area contributed by atoms with E-state index in [1.54, 1.807) is 0 Å². The minimum absolute atomic E-state index is 0.0689. The Kier molecular flexibility index (Phi) is 3.70. The molecule has 1 aromatic heterocycles. The summed E-state index contributed by atoms with van der Waals surface area (Å²) in [7, 11) is 0. The quantitative estimate of drug-likeness (QED) is 0.825. The molecule has 0 spiro atoms. The second-order valence-electron chi connectivity index (χ2n) is 4.08. The van der Waals surface area contributed by atoms with Crippen molar-refractivity contribution in [1.82, 2.24) is 15.0 Å². The number of carbonyl (C=O) groups excluding carboxylic acids is 1. The Morgan fingerprint density at radius 2 is 1.95 bits per heavy atom. The van der Waals surface area contributed by atoms with E-state index in [0.717, 1.165) is 5.56 Å². The van der Waals surface area contributed by atoms with Crippen LogP contribution in [0, 0.1) is 0 Å². The maximum absolute atomic E-state index is 11.6. The van der Waals surface area contributed by atoms with Gasteiger partial charge in [-0.05, 0) is 0 Å². The second kappa shape index (κ2) is 5.43. The largest absolute Gasteiger partial charge is 0.481 e. The lowest BCUT2D eigenvalue weighted by Crippen LogP contribution is -2.08. The lowest BCUT2D eigenvalue weighted by molar-refractivity contribution is -0.137. The zero-order chi connectivity index (χ0) is 13.8. The number of Topliss-reactive ketones (excluding diaryl/α,β-unsaturated/α-hetero) is 1. The fraction of sp³-hybridized carbons (Fsp3) is 0.231. The lowest BCUT2D eigenvalue weighted by atomic mass is 10.1. The highest BCUT2D eigenvalue weighted by Gasteiger charge is 2.18. The molecule has 98 valence electrons. The number of carboxylic acids is 1. The first-order valence-corrected chi connectivity index (χ1v) is 5.81. The molecule has 0 fully saturated rings. The number of hydrogen-bond donors (Lipinski definition) is 1. The smallest absolute Gasteiger partial charge is 0.305 e. The van der Waals surface area contributed by atoms with Crippen molar-refractivity contribution in [1.29, 1.82) is 0 Å². The third kappa shape index (κ3) is 2.85. The van der Waals surface area contributed by atoms with Crippen molar-refractivity contribution in [3.63, 3.8) is 0 Å². The van der Waals surface area contributed by atoms with Crippen LogP contribution in [0.15, 0.2) is 30.3 Å². The molecule has 6 nitrogen and oxygen atoms in total. The van der Waals surface area contributed by atoms with Crippen molar-refractivity contribution >= 4 is 11.8 Å². The monoisotopic (exact) mass is 259 g/mol. The summed E-state index contributed by atoms with van der Waals surface area (Å²) in [5.74, 6) is -1.11. The molecule has 0 atom stereocenters. The molecule has 1 heterocycles. The zero-order valence-corrected chi connectivity index (χ0v) is 10.4. The van der Waals surface area contributed by atoms with Crippen molar-refractivity contribution in [2.75, 3.05) is 0 Å². The van der Waals surface area contributed by atoms with E-state index in [2.05, 4.69) is 10.3 Å². The number of benzene rings is 1. The predicted molar refractivity (Wildman–Crippen MR) is 67.7 cm³/mol. The third-order valence-electron chi connectivity index (χ3n) is 2.65. The van der Waals surface area contributed by atoms with Gasteiger partial charge in [-0.1, -0.05) is 35.5 Å². The number of nitrogens with zero attached hydrogens (tertiary/aromatic N) is 3. The zero-order valence-electron chi connectivity index (χ0n) is 10.4. The van der Waals surface area contributed by atoms with Crippen LogP contribution in [0.25, 0.3) is 11.3 Å². The molecule has 19 heavy (non-hydrogen) atoms. The summed E-state index contributed by atoms with van der Waals surface area (Å²) in [5, 5.41) is 16.4. The van der Waals surface area contributed by atoms with Gasteiger partial charge in [0.2, 0.25) is 0 Å². The van der Waals surface area contributed by atoms with Gasteiger partial charge in [-0.3, -0.25) is 9.59 Å². The van der Waals surface area contributed by atoms with Crippen LogP contribution in [0.1, 0.15) is 23.8 Å². The van der Waals surface area contributed by atoms with Gasteiger partial charge in [0, 0.05) is 12.5 Å². The molecule has 2 aromatic rings. The third-order valence-corrected chi connectivity index (χ3v) is 2.65. The number of carbonyl (C=O) groups is 2. The highest BCUT2D eigenvalue weighted by atomic mass is 16.4. The molecule has 0 amide bonds. The number of rotatable bonds is 5. The molecule has 2 rings (SSSR count). The molecule has 0 unspecified atom stereocenters. The van der Waals surface area contributed by atoms with Crippen molar-refractivity contribution < 1.29 is 14.7 Å². The summed E-state index contributed by atoms with van der Waals surface area (Å²) in [5.41, 5.74) is 1.62. The Morgan fingerprint density at radius 3 is 2.53 bits per heavy atom. The van der Waals surface area contributed by atoms with Gasteiger partial charge in [0.15, 0.2) is 11.5 Å². The fourth-order valence-electron chi connectivity index (χ4n) is 1.79. The predicted octanol–water partition coefficient (Wildman–Crippen LogP) is 1.62. The molecule has 0 bridgehead atoms. The molecule has 0 aliphatic heterocycles. The SMILES string of the molecule is CC(=O)c1nnn(CCC(=O)O)c1-c1ccccc1. The Balaban J connectivity index is 2.45. The molecule has 0 radical (unpaired) electrons. The van der Waals surface area contributed by atoms with Gasteiger partial charge in [-0.2, -0.15) is 0 Å². The summed E-state index contributed by atoms with van der Waals surface area (Å²) >= 11 is 0. The molecular formula is C13H13N3O3. The van der Waals surface area contributed by atoms with Crippen molar-refractivity contribution in [3.8, 4) is 11.3 Å². The van der Waals surface area contributed by atoms with Crippen LogP contribution in [0.5, 0.6) is 0 Å². The van der Waals surface area contributed by atoms with Gasteiger partial charge in [-0.25, -0.2) is 4.68 Å². The standard InChI is InChI=1S/C13H13N3O3/c1-9(17)12-13(10-5-3-2-4-6-10)16(15-14-12)8-7-11(18)19/h2-6H,7-8H2,1H3,(H,18,19). The summed E-state index contributed by atoms with van der Waals surface area (Å²) < 4.78 is 1.46. The van der Waals surface area contributed by atoms with E-state index in [9.17, 15) is 9.59 Å². The average Bonchev–Trinajstić information content (AvgIpc) is 2.81. The van der Waals surface area contributed by atoms with Crippen LogP contribution in [0.4, 0.5) is 0 Å². The lowest BCUT2D eigenvalue weighted by Gasteiger charge is -2.06. The van der Waals surface area contributed by atoms with Crippen LogP contribution in [-0.2, 0) is 11.3 Å². The number of aryl methyl sites for hydroxylation is 1. The van der Waals surface area contributed by atoms with E-state index in [-0.39, 0.29) is 24.4 Å². The summed E-state index contributed by atoms with van der Waals surface area (Å²) in [4.78, 5) is 22.2. The molecule has 1 aromatic carbocycles. The van der Waals surface area contributed by atoms with E-state index in [0.29, 0.717) is 5.69 Å². The molecule has 1 N–H and O–H groups in total. The van der Waals surface area contributed by atoms with Crippen LogP contribution in [0.3, 0.4) is 0 Å². The Morgan fingerprint density at radius 1 is 1.26 bits per heavy atom. The highest BCUT2D eigenvalue weighted by Crippen LogP contribution is 2.22. The van der Waals surface area contributed by atoms with Crippen LogP contribution in [0.2, 0.25) is 0 Å². The number of ketones is 1. The normalized spacial score (nSPS) is 10.4. The Labute approximate surface area is 109 Å². The van der Waals surface area contributed by atoms with E-state index >= 15 is 0 Å². The van der Waals surface area contributed by atoms with Crippen molar-refractivity contribution in [2.24, 2.45) is 0 Å². The fourth-order valence-corrected chi connectivity index (χ4v) is 1.79. The number of aliphatic carboxylic acids is 1. The minimum Gasteiger partial charge on any atom is -0.481 e. The maximum Gasteiger partial charge on any atom is 0.305 e. The molecule has 0 saturated carbocycles. The second-order valence-corrected chi connectivity index (χ2v) is 4.08. The minimum atomic E-state index is -0.918. The first-order chi connectivity index (χ1) is 9.09. The summed E-state index contributed by atoms with van der Waals surface area (Å²) in [6, 6.07) is 9.22. The molecule has 0 saturated heterocycles. The number of carboxylic acid groups (broad SMARTS) is 1. The van der Waals surface area contributed by atoms with Gasteiger partial charge >= 0.3 is 5.97 Å². The van der Waals surface area contributed by atoms with E-state index in [4.69, 9.17) is 5.11 Å². The van der Waals surface area contributed by atoms with Gasteiger partial charge in [-0.15, -0.1) is 5.10 Å².